The third-order valence-corrected chi connectivity index (χ3v) is 3.49. The van der Waals surface area contributed by atoms with E-state index in [0.29, 0.717) is 5.69 Å². The normalized spacial score (nSPS) is 10.9. The predicted octanol–water partition coefficient (Wildman–Crippen LogP) is 3.26. The lowest BCUT2D eigenvalue weighted by Crippen LogP contribution is -2.26. The lowest BCUT2D eigenvalue weighted by atomic mass is 10.2. The monoisotopic (exact) mass is 273 g/mol. The molecular formula is C16H23N3O. The number of rotatable bonds is 6. The number of aromatic nitrogens is 2. The quantitative estimate of drug-likeness (QED) is 0.821. The molecule has 0 aliphatic rings. The number of imidazole rings is 1. The number of nitrogens with zero attached hydrogens (tertiary/aromatic N) is 2. The molecule has 0 fully saturated rings. The summed E-state index contributed by atoms with van der Waals surface area (Å²) in [5.41, 5.74) is 3.41. The second-order valence-corrected chi connectivity index (χ2v) is 5.29. The van der Waals surface area contributed by atoms with Gasteiger partial charge in [0.15, 0.2) is 0 Å². The van der Waals surface area contributed by atoms with Gasteiger partial charge in [0, 0.05) is 12.7 Å². The minimum absolute atomic E-state index is 0.0321. The van der Waals surface area contributed by atoms with Crippen molar-refractivity contribution in [2.45, 2.75) is 46.5 Å². The van der Waals surface area contributed by atoms with Gasteiger partial charge in [-0.25, -0.2) is 4.98 Å². The molecule has 0 aliphatic heterocycles. The Labute approximate surface area is 120 Å². The minimum Gasteiger partial charge on any atom is -0.351 e. The summed E-state index contributed by atoms with van der Waals surface area (Å²) in [5.74, 6) is -0.0321. The zero-order valence-corrected chi connectivity index (χ0v) is 12.6. The second kappa shape index (κ2) is 6.55. The largest absolute Gasteiger partial charge is 0.351 e. The molecule has 108 valence electrons. The number of pyridine rings is 1. The first-order valence-corrected chi connectivity index (χ1v) is 7.37. The smallest absolute Gasteiger partial charge is 0.270 e. The van der Waals surface area contributed by atoms with E-state index in [0.717, 1.165) is 29.9 Å². The first-order chi connectivity index (χ1) is 9.63. The van der Waals surface area contributed by atoms with Crippen molar-refractivity contribution in [3.05, 3.63) is 35.3 Å². The number of carbonyl (C=O) groups is 1. The molecule has 0 saturated carbocycles. The van der Waals surface area contributed by atoms with Crippen molar-refractivity contribution in [3.8, 4) is 0 Å². The fourth-order valence-electron chi connectivity index (χ4n) is 2.38. The second-order valence-electron chi connectivity index (χ2n) is 5.29. The van der Waals surface area contributed by atoms with Crippen molar-refractivity contribution < 1.29 is 4.79 Å². The molecule has 0 unspecified atom stereocenters. The van der Waals surface area contributed by atoms with Gasteiger partial charge in [0.05, 0.1) is 5.69 Å². The molecule has 2 rings (SSSR count). The van der Waals surface area contributed by atoms with Gasteiger partial charge in [-0.2, -0.15) is 0 Å². The highest BCUT2D eigenvalue weighted by Gasteiger charge is 2.15. The molecule has 0 bridgehead atoms. The first-order valence-electron chi connectivity index (χ1n) is 7.37. The molecule has 0 saturated heterocycles. The molecule has 1 N–H and O–H groups in total. The third kappa shape index (κ3) is 3.18. The molecule has 4 nitrogen and oxygen atoms in total. The highest BCUT2D eigenvalue weighted by atomic mass is 16.1. The summed E-state index contributed by atoms with van der Waals surface area (Å²) in [6.45, 7) is 6.82. The number of carbonyl (C=O) groups excluding carboxylic acids is 1. The Morgan fingerprint density at radius 2 is 2.10 bits per heavy atom. The van der Waals surface area contributed by atoms with Gasteiger partial charge in [-0.15, -0.1) is 0 Å². The van der Waals surface area contributed by atoms with Crippen molar-refractivity contribution in [3.63, 3.8) is 0 Å². The predicted molar refractivity (Wildman–Crippen MR) is 81.1 cm³/mol. The number of amides is 1. The number of unbranched alkanes of at least 4 members (excludes halogenated alkanes) is 3. The molecule has 0 radical (unpaired) electrons. The van der Waals surface area contributed by atoms with Crippen LogP contribution in [-0.4, -0.2) is 21.8 Å². The summed E-state index contributed by atoms with van der Waals surface area (Å²) in [4.78, 5) is 16.7. The van der Waals surface area contributed by atoms with Crippen molar-refractivity contribution in [2.24, 2.45) is 0 Å². The van der Waals surface area contributed by atoms with Crippen LogP contribution in [0.5, 0.6) is 0 Å². The SMILES string of the molecule is CCCCCCNC(=O)c1c(C)nc2cc(C)ccn12. The molecule has 4 heteroatoms. The Balaban J connectivity index is 2.08. The third-order valence-electron chi connectivity index (χ3n) is 3.49. The van der Waals surface area contributed by atoms with Gasteiger partial charge in [-0.3, -0.25) is 9.20 Å². The van der Waals surface area contributed by atoms with Crippen molar-refractivity contribution >= 4 is 11.6 Å². The Morgan fingerprint density at radius 3 is 2.85 bits per heavy atom. The zero-order valence-electron chi connectivity index (χ0n) is 12.6. The van der Waals surface area contributed by atoms with Crippen LogP contribution in [0.25, 0.3) is 5.65 Å². The molecule has 2 heterocycles. The van der Waals surface area contributed by atoms with E-state index in [1.54, 1.807) is 0 Å². The lowest BCUT2D eigenvalue weighted by Gasteiger charge is -2.06. The summed E-state index contributed by atoms with van der Waals surface area (Å²) < 4.78 is 1.86. The Kier molecular flexibility index (Phi) is 4.77. The van der Waals surface area contributed by atoms with Crippen LogP contribution >= 0.6 is 0 Å². The van der Waals surface area contributed by atoms with Gasteiger partial charge in [0.25, 0.3) is 5.91 Å². The summed E-state index contributed by atoms with van der Waals surface area (Å²) in [6.07, 6.45) is 6.55. The maximum absolute atomic E-state index is 12.3. The topological polar surface area (TPSA) is 46.4 Å². The number of hydrogen-bond acceptors (Lipinski definition) is 2. The summed E-state index contributed by atoms with van der Waals surface area (Å²) in [6, 6.07) is 3.98. The molecule has 2 aromatic heterocycles. The van der Waals surface area contributed by atoms with Crippen molar-refractivity contribution in [2.75, 3.05) is 6.54 Å². The van der Waals surface area contributed by atoms with E-state index < -0.39 is 0 Å². The van der Waals surface area contributed by atoms with Gasteiger partial charge in [0.2, 0.25) is 0 Å². The number of fused-ring (bicyclic) bond motifs is 1. The van der Waals surface area contributed by atoms with Crippen molar-refractivity contribution in [1.82, 2.24) is 14.7 Å². The van der Waals surface area contributed by atoms with Crippen LogP contribution in [0.3, 0.4) is 0 Å². The van der Waals surface area contributed by atoms with Crippen LogP contribution in [0.15, 0.2) is 18.3 Å². The summed E-state index contributed by atoms with van der Waals surface area (Å²) >= 11 is 0. The Bertz CT molecular complexity index is 601. The van der Waals surface area contributed by atoms with Crippen LogP contribution in [0.2, 0.25) is 0 Å². The van der Waals surface area contributed by atoms with E-state index in [1.165, 1.54) is 19.3 Å². The molecular weight excluding hydrogens is 250 g/mol. The maximum atomic E-state index is 12.3. The summed E-state index contributed by atoms with van der Waals surface area (Å²) in [7, 11) is 0. The number of nitrogens with one attached hydrogen (secondary N) is 1. The van der Waals surface area contributed by atoms with E-state index in [-0.39, 0.29) is 5.91 Å². The van der Waals surface area contributed by atoms with E-state index in [4.69, 9.17) is 0 Å². The van der Waals surface area contributed by atoms with Crippen LogP contribution in [-0.2, 0) is 0 Å². The Hall–Kier alpha value is -1.84. The Morgan fingerprint density at radius 1 is 1.30 bits per heavy atom. The van der Waals surface area contributed by atoms with Gasteiger partial charge in [-0.1, -0.05) is 26.2 Å². The molecule has 0 aromatic carbocycles. The van der Waals surface area contributed by atoms with Crippen LogP contribution in [0.4, 0.5) is 0 Å². The van der Waals surface area contributed by atoms with Gasteiger partial charge in [-0.05, 0) is 38.0 Å². The van der Waals surface area contributed by atoms with Gasteiger partial charge < -0.3 is 5.32 Å². The van der Waals surface area contributed by atoms with E-state index >= 15 is 0 Å². The van der Waals surface area contributed by atoms with E-state index in [1.807, 2.05) is 36.6 Å². The number of aryl methyl sites for hydroxylation is 2. The van der Waals surface area contributed by atoms with Crippen molar-refractivity contribution in [1.29, 1.82) is 0 Å². The van der Waals surface area contributed by atoms with Gasteiger partial charge >= 0.3 is 0 Å². The first kappa shape index (κ1) is 14.6. The molecule has 1 amide bonds. The van der Waals surface area contributed by atoms with Gasteiger partial charge in [0.1, 0.15) is 11.3 Å². The fourth-order valence-corrected chi connectivity index (χ4v) is 2.38. The van der Waals surface area contributed by atoms with Crippen LogP contribution in [0.1, 0.15) is 54.4 Å². The lowest BCUT2D eigenvalue weighted by molar-refractivity contribution is 0.0946. The summed E-state index contributed by atoms with van der Waals surface area (Å²) in [5, 5.41) is 2.99. The molecule has 0 atom stereocenters. The zero-order chi connectivity index (χ0) is 14.5. The standard InChI is InChI=1S/C16H23N3O/c1-4-5-6-7-9-17-16(20)15-13(3)18-14-11-12(2)8-10-19(14)15/h8,10-11H,4-7,9H2,1-3H3,(H,17,20). The molecule has 0 aliphatic carbocycles. The average molecular weight is 273 g/mol. The number of hydrogen-bond donors (Lipinski definition) is 1. The molecule has 20 heavy (non-hydrogen) atoms. The minimum atomic E-state index is -0.0321. The van der Waals surface area contributed by atoms with E-state index in [2.05, 4.69) is 17.2 Å². The highest BCUT2D eigenvalue weighted by molar-refractivity contribution is 5.94. The van der Waals surface area contributed by atoms with Crippen LogP contribution < -0.4 is 5.32 Å². The van der Waals surface area contributed by atoms with E-state index in [9.17, 15) is 4.79 Å². The molecule has 2 aromatic rings. The maximum Gasteiger partial charge on any atom is 0.270 e. The average Bonchev–Trinajstić information content (AvgIpc) is 2.73. The molecule has 0 spiro atoms. The fraction of sp³-hybridized carbons (Fsp3) is 0.500. The van der Waals surface area contributed by atoms with Crippen LogP contribution in [0, 0.1) is 13.8 Å². The highest BCUT2D eigenvalue weighted by Crippen LogP contribution is 2.13.